The summed E-state index contributed by atoms with van der Waals surface area (Å²) in [6, 6.07) is 8.13. The lowest BCUT2D eigenvalue weighted by Crippen LogP contribution is -2.35. The number of amides is 1. The number of pyridine rings is 1. The molecule has 1 aliphatic carbocycles. The Bertz CT molecular complexity index is 2340. The molecule has 5 aromatic rings. The summed E-state index contributed by atoms with van der Waals surface area (Å²) in [5.74, 6) is -1.93. The summed E-state index contributed by atoms with van der Waals surface area (Å²) >= 11 is 6.61. The molecule has 0 saturated heterocycles. The molecule has 0 bridgehead atoms. The average Bonchev–Trinajstić information content (AvgIpc) is 3.71. The summed E-state index contributed by atoms with van der Waals surface area (Å²) in [5, 5.41) is 25.2. The third-order valence-corrected chi connectivity index (χ3v) is 9.30. The highest BCUT2D eigenvalue weighted by atomic mass is 35.5. The lowest BCUT2D eigenvalue weighted by Gasteiger charge is -2.23. The fourth-order valence-corrected chi connectivity index (χ4v) is 6.96. The topological polar surface area (TPSA) is 110 Å². The Balaban J connectivity index is 1.52. The van der Waals surface area contributed by atoms with Crippen LogP contribution in [0.25, 0.3) is 22.0 Å². The van der Waals surface area contributed by atoms with Gasteiger partial charge in [0.2, 0.25) is 5.91 Å². The standard InChI is InChI=1S/C38H34ClF6N7O2/c1-6-20-16-26-32(35(42)43)49-52(34(26)38(20,44)45)18-29(53)48-28(15-19-13-21(40)17-22(41)14-19)31-24(8-7-23(47-31)11-12-37(2,3)54)25-9-10-27(39)30-33(25)51(5)50-36(30)46-4/h6-10,13-14,17,20,28,35,54H,1,15-16,18H2,2-5H3,(H,46,50)(H,48,53)/t20-,28+/m1/s1. The monoisotopic (exact) mass is 769 g/mol. The molecule has 3 heterocycles. The summed E-state index contributed by atoms with van der Waals surface area (Å²) in [5.41, 5.74) is -1.59. The van der Waals surface area contributed by atoms with Crippen LogP contribution >= 0.6 is 11.6 Å². The van der Waals surface area contributed by atoms with Crippen LogP contribution in [0.1, 0.15) is 60.2 Å². The molecule has 0 spiro atoms. The number of aliphatic hydroxyl groups is 1. The van der Waals surface area contributed by atoms with E-state index in [1.165, 1.54) is 13.8 Å². The molecule has 0 aliphatic heterocycles. The van der Waals surface area contributed by atoms with Crippen molar-refractivity contribution in [2.24, 2.45) is 13.0 Å². The number of rotatable bonds is 10. The lowest BCUT2D eigenvalue weighted by atomic mass is 9.93. The van der Waals surface area contributed by atoms with E-state index in [0.717, 1.165) is 18.2 Å². The number of benzene rings is 2. The van der Waals surface area contributed by atoms with E-state index in [2.05, 4.69) is 39.3 Å². The number of nitrogens with one attached hydrogen (secondary N) is 2. The molecule has 0 radical (unpaired) electrons. The van der Waals surface area contributed by atoms with Gasteiger partial charge in [-0.3, -0.25) is 14.2 Å². The third-order valence-electron chi connectivity index (χ3n) is 8.98. The Morgan fingerprint density at radius 1 is 1.13 bits per heavy atom. The first-order chi connectivity index (χ1) is 25.4. The maximum Gasteiger partial charge on any atom is 0.296 e. The molecule has 2 aromatic carbocycles. The zero-order valence-electron chi connectivity index (χ0n) is 29.4. The Labute approximate surface area is 311 Å². The summed E-state index contributed by atoms with van der Waals surface area (Å²) < 4.78 is 90.2. The fraction of sp³-hybridized carbons (Fsp3) is 0.316. The van der Waals surface area contributed by atoms with Gasteiger partial charge in [0, 0.05) is 36.9 Å². The van der Waals surface area contributed by atoms with E-state index >= 15 is 8.78 Å². The molecular weight excluding hydrogens is 736 g/mol. The lowest BCUT2D eigenvalue weighted by molar-refractivity contribution is -0.123. The van der Waals surface area contributed by atoms with E-state index in [0.29, 0.717) is 43.6 Å². The van der Waals surface area contributed by atoms with Gasteiger partial charge in [-0.15, -0.1) is 6.58 Å². The zero-order valence-corrected chi connectivity index (χ0v) is 30.2. The quantitative estimate of drug-likeness (QED) is 0.0776. The van der Waals surface area contributed by atoms with E-state index in [9.17, 15) is 27.5 Å². The maximum atomic E-state index is 15.5. The van der Waals surface area contributed by atoms with Crippen LogP contribution in [0.2, 0.25) is 5.02 Å². The number of aromatic nitrogens is 5. The zero-order chi connectivity index (χ0) is 39.3. The second-order valence-corrected chi connectivity index (χ2v) is 13.8. The first-order valence-corrected chi connectivity index (χ1v) is 17.0. The van der Waals surface area contributed by atoms with Crippen molar-refractivity contribution < 1.29 is 36.2 Å². The van der Waals surface area contributed by atoms with Crippen LogP contribution in [0.4, 0.5) is 32.2 Å². The average molecular weight is 770 g/mol. The first-order valence-electron chi connectivity index (χ1n) is 16.6. The van der Waals surface area contributed by atoms with Crippen molar-refractivity contribution >= 4 is 34.2 Å². The van der Waals surface area contributed by atoms with E-state index in [1.807, 2.05) is 0 Å². The normalized spacial score (nSPS) is 15.5. The Morgan fingerprint density at radius 2 is 1.81 bits per heavy atom. The van der Waals surface area contributed by atoms with E-state index < -0.39 is 71.8 Å². The molecule has 9 nitrogen and oxygen atoms in total. The molecule has 0 unspecified atom stereocenters. The highest BCUT2D eigenvalue weighted by Crippen LogP contribution is 2.49. The summed E-state index contributed by atoms with van der Waals surface area (Å²) in [6.45, 7) is 5.44. The van der Waals surface area contributed by atoms with Gasteiger partial charge in [-0.25, -0.2) is 22.5 Å². The molecule has 1 aliphatic rings. The number of fused-ring (bicyclic) bond motifs is 2. The van der Waals surface area contributed by atoms with Crippen LogP contribution in [0, 0.1) is 29.4 Å². The van der Waals surface area contributed by atoms with Crippen LogP contribution in [0.5, 0.6) is 0 Å². The van der Waals surface area contributed by atoms with Crippen LogP contribution in [-0.4, -0.2) is 48.2 Å². The van der Waals surface area contributed by atoms with E-state index in [1.54, 1.807) is 43.0 Å². The Kier molecular flexibility index (Phi) is 10.3. The van der Waals surface area contributed by atoms with E-state index in [4.69, 9.17) is 16.6 Å². The van der Waals surface area contributed by atoms with Crippen LogP contribution in [0.3, 0.4) is 0 Å². The number of carbonyl (C=O) groups is 1. The maximum absolute atomic E-state index is 15.5. The summed E-state index contributed by atoms with van der Waals surface area (Å²) in [7, 11) is 3.36. The number of aryl methyl sites for hydroxylation is 1. The number of hydrogen-bond acceptors (Lipinski definition) is 6. The molecule has 3 N–H and O–H groups in total. The van der Waals surface area contributed by atoms with Gasteiger partial charge in [-0.05, 0) is 68.5 Å². The second-order valence-electron chi connectivity index (χ2n) is 13.4. The van der Waals surface area contributed by atoms with Crippen molar-refractivity contribution in [3.63, 3.8) is 0 Å². The van der Waals surface area contributed by atoms with Crippen LogP contribution < -0.4 is 10.6 Å². The number of carbonyl (C=O) groups excluding carboxylic acids is 1. The fourth-order valence-electron chi connectivity index (χ4n) is 6.72. The molecule has 0 saturated carbocycles. The van der Waals surface area contributed by atoms with Gasteiger partial charge in [0.1, 0.15) is 40.9 Å². The molecule has 0 fully saturated rings. The molecule has 282 valence electrons. The molecule has 3 aromatic heterocycles. The van der Waals surface area contributed by atoms with Crippen molar-refractivity contribution in [2.45, 2.75) is 57.2 Å². The third kappa shape index (κ3) is 7.40. The Morgan fingerprint density at radius 3 is 2.44 bits per heavy atom. The highest BCUT2D eigenvalue weighted by molar-refractivity contribution is 6.37. The largest absolute Gasteiger partial charge is 0.378 e. The minimum Gasteiger partial charge on any atom is -0.378 e. The van der Waals surface area contributed by atoms with Gasteiger partial charge in [0.05, 0.1) is 33.6 Å². The predicted molar refractivity (Wildman–Crippen MR) is 191 cm³/mol. The van der Waals surface area contributed by atoms with Crippen LogP contribution in [0.15, 0.2) is 55.1 Å². The summed E-state index contributed by atoms with van der Waals surface area (Å²) in [4.78, 5) is 18.7. The van der Waals surface area contributed by atoms with Crippen molar-refractivity contribution in [3.8, 4) is 23.0 Å². The number of nitrogens with zero attached hydrogens (tertiary/aromatic N) is 5. The van der Waals surface area contributed by atoms with Gasteiger partial charge >= 0.3 is 0 Å². The number of halogens is 7. The first kappa shape index (κ1) is 38.4. The predicted octanol–water partition coefficient (Wildman–Crippen LogP) is 7.42. The molecular formula is C38H34ClF6N7O2. The second kappa shape index (κ2) is 14.5. The molecule has 6 rings (SSSR count). The molecule has 16 heteroatoms. The minimum absolute atomic E-state index is 0.0955. The number of allylic oxidation sites excluding steroid dienone is 1. The molecule has 1 amide bonds. The molecule has 54 heavy (non-hydrogen) atoms. The van der Waals surface area contributed by atoms with Gasteiger partial charge < -0.3 is 15.7 Å². The van der Waals surface area contributed by atoms with Crippen LogP contribution in [-0.2, 0) is 37.2 Å². The summed E-state index contributed by atoms with van der Waals surface area (Å²) in [6.07, 6.45) is -2.93. The van der Waals surface area contributed by atoms with Gasteiger partial charge in [-0.2, -0.15) is 19.0 Å². The van der Waals surface area contributed by atoms with Gasteiger partial charge in [0.15, 0.2) is 5.82 Å². The number of hydrogen-bond donors (Lipinski definition) is 3. The molecule has 2 atom stereocenters. The number of anilines is 1. The van der Waals surface area contributed by atoms with Crippen molar-refractivity contribution in [3.05, 3.63) is 106 Å². The van der Waals surface area contributed by atoms with Gasteiger partial charge in [-0.1, -0.05) is 29.7 Å². The SMILES string of the molecule is C=C[C@@H]1Cc2c(C(F)F)nn(CC(=O)N[C@@H](Cc3cc(F)cc(F)c3)c3nc(C#CC(C)(C)O)ccc3-c3ccc(Cl)c4c(NC)nn(C)c34)c2C1(F)F. The minimum atomic E-state index is -3.65. The van der Waals surface area contributed by atoms with Crippen molar-refractivity contribution in [2.75, 3.05) is 12.4 Å². The van der Waals surface area contributed by atoms with Crippen molar-refractivity contribution in [1.29, 1.82) is 0 Å². The smallest absolute Gasteiger partial charge is 0.296 e. The van der Waals surface area contributed by atoms with Gasteiger partial charge in [0.25, 0.3) is 12.3 Å². The number of alkyl halides is 4. The Hall–Kier alpha value is -5.33. The highest BCUT2D eigenvalue weighted by Gasteiger charge is 2.52. The van der Waals surface area contributed by atoms with E-state index in [-0.39, 0.29) is 28.9 Å². The van der Waals surface area contributed by atoms with Crippen molar-refractivity contribution in [1.82, 2.24) is 29.9 Å².